The van der Waals surface area contributed by atoms with Crippen LogP contribution in [0.5, 0.6) is 11.5 Å². The van der Waals surface area contributed by atoms with Crippen LogP contribution >= 0.6 is 0 Å². The van der Waals surface area contributed by atoms with Crippen molar-refractivity contribution >= 4 is 22.8 Å². The molecule has 0 saturated carbocycles. The average molecular weight is 389 g/mol. The predicted octanol–water partition coefficient (Wildman–Crippen LogP) is 3.62. The van der Waals surface area contributed by atoms with Crippen molar-refractivity contribution in [1.82, 2.24) is 20.2 Å². The lowest BCUT2D eigenvalue weighted by Crippen LogP contribution is -2.34. The molecule has 2 amide bonds. The zero-order valence-corrected chi connectivity index (χ0v) is 15.8. The standard InChI is InChI=1S/C19H21F2N5O2/c1-11-10-24-18-16(11)15(4-5-22-18)28-17-13(20)8-12(9-14(17)21)25-19(27)23-6-7-26(2)3/h4-5,8-10H,6-7H2,1-3H3,(H,22,24)(H2,23,25,27). The molecule has 3 aromatic rings. The number of hydrogen-bond donors (Lipinski definition) is 3. The fraction of sp³-hybridized carbons (Fsp3) is 0.263. The van der Waals surface area contributed by atoms with E-state index in [-0.39, 0.29) is 11.4 Å². The Balaban J connectivity index is 1.77. The van der Waals surface area contributed by atoms with E-state index in [4.69, 9.17) is 4.74 Å². The van der Waals surface area contributed by atoms with Crippen molar-refractivity contribution in [2.45, 2.75) is 6.92 Å². The van der Waals surface area contributed by atoms with Gasteiger partial charge in [-0.3, -0.25) is 0 Å². The van der Waals surface area contributed by atoms with Crippen LogP contribution in [0.15, 0.2) is 30.6 Å². The maximum atomic E-state index is 14.5. The van der Waals surface area contributed by atoms with Crippen molar-refractivity contribution in [3.63, 3.8) is 0 Å². The largest absolute Gasteiger partial charge is 0.450 e. The van der Waals surface area contributed by atoms with Crippen LogP contribution in [0.2, 0.25) is 0 Å². The Kier molecular flexibility index (Phi) is 5.74. The maximum absolute atomic E-state index is 14.5. The van der Waals surface area contributed by atoms with E-state index >= 15 is 0 Å². The molecule has 0 atom stereocenters. The smallest absolute Gasteiger partial charge is 0.319 e. The normalized spacial score (nSPS) is 11.1. The number of aryl methyl sites for hydroxylation is 1. The van der Waals surface area contributed by atoms with Gasteiger partial charge in [0.1, 0.15) is 11.4 Å². The fourth-order valence-corrected chi connectivity index (χ4v) is 2.68. The van der Waals surface area contributed by atoms with E-state index in [1.807, 2.05) is 25.9 Å². The lowest BCUT2D eigenvalue weighted by Gasteiger charge is -2.13. The summed E-state index contributed by atoms with van der Waals surface area (Å²) >= 11 is 0. The number of rotatable bonds is 6. The van der Waals surface area contributed by atoms with Crippen molar-refractivity contribution in [1.29, 1.82) is 0 Å². The van der Waals surface area contributed by atoms with Gasteiger partial charge in [-0.1, -0.05) is 0 Å². The molecule has 0 spiro atoms. The molecular formula is C19H21F2N5O2. The number of likely N-dealkylation sites (N-methyl/N-ethyl adjacent to an activating group) is 1. The average Bonchev–Trinajstić information content (AvgIpc) is 3.00. The number of urea groups is 1. The van der Waals surface area contributed by atoms with E-state index in [1.165, 1.54) is 12.3 Å². The van der Waals surface area contributed by atoms with Gasteiger partial charge in [0.05, 0.1) is 5.39 Å². The molecule has 0 radical (unpaired) electrons. The number of aromatic amines is 1. The summed E-state index contributed by atoms with van der Waals surface area (Å²) in [4.78, 5) is 20.8. The second-order valence-corrected chi connectivity index (χ2v) is 6.56. The molecule has 0 aliphatic heterocycles. The van der Waals surface area contributed by atoms with Crippen molar-refractivity contribution < 1.29 is 18.3 Å². The molecule has 0 saturated heterocycles. The first-order chi connectivity index (χ1) is 13.3. The van der Waals surface area contributed by atoms with Gasteiger partial charge in [-0.05, 0) is 32.6 Å². The minimum Gasteiger partial charge on any atom is -0.450 e. The van der Waals surface area contributed by atoms with Crippen LogP contribution in [-0.2, 0) is 0 Å². The fourth-order valence-electron chi connectivity index (χ4n) is 2.68. The summed E-state index contributed by atoms with van der Waals surface area (Å²) in [5.74, 6) is -2.13. The van der Waals surface area contributed by atoms with Crippen LogP contribution in [0.1, 0.15) is 5.56 Å². The van der Waals surface area contributed by atoms with Crippen molar-refractivity contribution in [2.75, 3.05) is 32.5 Å². The summed E-state index contributed by atoms with van der Waals surface area (Å²) in [6.45, 7) is 2.88. The molecule has 2 aromatic heterocycles. The van der Waals surface area contributed by atoms with Crippen molar-refractivity contribution in [3.8, 4) is 11.5 Å². The predicted molar refractivity (Wildman–Crippen MR) is 103 cm³/mol. The SMILES string of the molecule is Cc1c[nH]c2nccc(Oc3c(F)cc(NC(=O)NCCN(C)C)cc3F)c12. The zero-order valence-electron chi connectivity index (χ0n) is 15.8. The number of ether oxygens (including phenoxy) is 1. The number of aromatic nitrogens is 2. The Hall–Kier alpha value is -3.20. The topological polar surface area (TPSA) is 82.3 Å². The van der Waals surface area contributed by atoms with Gasteiger partial charge in [0, 0.05) is 43.3 Å². The molecule has 28 heavy (non-hydrogen) atoms. The number of carbonyl (C=O) groups is 1. The van der Waals surface area contributed by atoms with E-state index in [9.17, 15) is 13.6 Å². The van der Waals surface area contributed by atoms with Gasteiger partial charge in [0.15, 0.2) is 17.4 Å². The third kappa shape index (κ3) is 4.37. The summed E-state index contributed by atoms with van der Waals surface area (Å²) in [6, 6.07) is 3.00. The quantitative estimate of drug-likeness (QED) is 0.601. The van der Waals surface area contributed by atoms with E-state index in [0.717, 1.165) is 17.7 Å². The molecule has 0 unspecified atom stereocenters. The minimum atomic E-state index is -0.929. The van der Waals surface area contributed by atoms with Gasteiger partial charge < -0.3 is 25.3 Å². The van der Waals surface area contributed by atoms with Crippen LogP contribution in [0, 0.1) is 18.6 Å². The Morgan fingerprint density at radius 2 is 2.00 bits per heavy atom. The lowest BCUT2D eigenvalue weighted by atomic mass is 10.2. The summed E-state index contributed by atoms with van der Waals surface area (Å²) in [6.07, 6.45) is 3.22. The molecule has 0 aliphatic carbocycles. The van der Waals surface area contributed by atoms with Gasteiger partial charge in [-0.25, -0.2) is 18.6 Å². The monoisotopic (exact) mass is 389 g/mol. The number of amides is 2. The molecule has 7 nitrogen and oxygen atoms in total. The molecule has 9 heteroatoms. The second-order valence-electron chi connectivity index (χ2n) is 6.56. The first-order valence-electron chi connectivity index (χ1n) is 8.64. The second kappa shape index (κ2) is 8.22. The highest BCUT2D eigenvalue weighted by molar-refractivity contribution is 5.89. The third-order valence-electron chi connectivity index (χ3n) is 4.05. The number of nitrogens with one attached hydrogen (secondary N) is 3. The first-order valence-corrected chi connectivity index (χ1v) is 8.64. The Labute approximate surface area is 160 Å². The summed E-state index contributed by atoms with van der Waals surface area (Å²) in [7, 11) is 3.74. The number of nitrogens with zero attached hydrogens (tertiary/aromatic N) is 2. The summed E-state index contributed by atoms with van der Waals surface area (Å²) in [5.41, 5.74) is 1.39. The van der Waals surface area contributed by atoms with E-state index in [1.54, 1.807) is 6.20 Å². The van der Waals surface area contributed by atoms with Gasteiger partial charge in [0.25, 0.3) is 0 Å². The highest BCUT2D eigenvalue weighted by Crippen LogP contribution is 2.34. The molecule has 1 aromatic carbocycles. The number of pyridine rings is 1. The first kappa shape index (κ1) is 19.6. The van der Waals surface area contributed by atoms with Crippen molar-refractivity contribution in [3.05, 3.63) is 47.8 Å². The van der Waals surface area contributed by atoms with E-state index in [2.05, 4.69) is 20.6 Å². The number of fused-ring (bicyclic) bond motifs is 1. The molecule has 2 heterocycles. The number of H-pyrrole nitrogens is 1. The molecule has 0 fully saturated rings. The Bertz CT molecular complexity index is 980. The Morgan fingerprint density at radius 3 is 2.68 bits per heavy atom. The van der Waals surface area contributed by atoms with Crippen LogP contribution in [-0.4, -0.2) is 48.1 Å². The number of benzene rings is 1. The summed E-state index contributed by atoms with van der Waals surface area (Å²) < 4.78 is 34.4. The van der Waals surface area contributed by atoms with Crippen LogP contribution in [0.3, 0.4) is 0 Å². The molecule has 0 bridgehead atoms. The minimum absolute atomic E-state index is 0.0117. The highest BCUT2D eigenvalue weighted by Gasteiger charge is 2.17. The highest BCUT2D eigenvalue weighted by atomic mass is 19.1. The van der Waals surface area contributed by atoms with Gasteiger partial charge in [-0.2, -0.15) is 0 Å². The van der Waals surface area contributed by atoms with Gasteiger partial charge in [-0.15, -0.1) is 0 Å². The van der Waals surface area contributed by atoms with E-state index in [0.29, 0.717) is 24.1 Å². The maximum Gasteiger partial charge on any atom is 0.319 e. The van der Waals surface area contributed by atoms with Crippen molar-refractivity contribution in [2.24, 2.45) is 0 Å². The number of carbonyl (C=O) groups excluding carboxylic acids is 1. The molecule has 148 valence electrons. The Morgan fingerprint density at radius 1 is 1.29 bits per heavy atom. The molecular weight excluding hydrogens is 368 g/mol. The van der Waals surface area contributed by atoms with Crippen LogP contribution in [0.4, 0.5) is 19.3 Å². The number of anilines is 1. The summed E-state index contributed by atoms with van der Waals surface area (Å²) in [5, 5.41) is 5.65. The zero-order chi connectivity index (χ0) is 20.3. The molecule has 3 N–H and O–H groups in total. The number of halogens is 2. The molecule has 0 aliphatic rings. The van der Waals surface area contributed by atoms with Crippen LogP contribution in [0.25, 0.3) is 11.0 Å². The van der Waals surface area contributed by atoms with E-state index < -0.39 is 23.4 Å². The van der Waals surface area contributed by atoms with Gasteiger partial charge >= 0.3 is 6.03 Å². The molecule has 3 rings (SSSR count). The third-order valence-corrected chi connectivity index (χ3v) is 4.05. The lowest BCUT2D eigenvalue weighted by molar-refractivity contribution is 0.250. The number of hydrogen-bond acceptors (Lipinski definition) is 4. The van der Waals surface area contributed by atoms with Gasteiger partial charge in [0.2, 0.25) is 0 Å². The van der Waals surface area contributed by atoms with Crippen LogP contribution < -0.4 is 15.4 Å².